The van der Waals surface area contributed by atoms with Crippen molar-refractivity contribution in [3.05, 3.63) is 70.7 Å². The van der Waals surface area contributed by atoms with Gasteiger partial charge in [0.1, 0.15) is 11.5 Å². The fourth-order valence-electron chi connectivity index (χ4n) is 2.26. The molecular formula is C20H25N3O3S. The molecule has 0 saturated carbocycles. The Kier molecular flexibility index (Phi) is 7.91. The standard InChI is InChI=1S/C20H25N3O3S/c1-14(2)26-19-11-17(20(24)23-15(3)4-7-22-21)10-18(12-19)25-8-5-16-6-9-27-13-16/h4,6-7,9-14,22H,3,5,8,21H2,1-2H3,(H,23,24)/b7-4-. The zero-order chi connectivity index (χ0) is 19.6. The Bertz CT molecular complexity index is 786. The van der Waals surface area contributed by atoms with Gasteiger partial charge in [-0.05, 0) is 54.4 Å². The van der Waals surface area contributed by atoms with E-state index in [2.05, 4.69) is 28.8 Å². The van der Waals surface area contributed by atoms with Gasteiger partial charge in [0.15, 0.2) is 0 Å². The minimum Gasteiger partial charge on any atom is -0.493 e. The highest BCUT2D eigenvalue weighted by Gasteiger charge is 2.12. The Labute approximate surface area is 163 Å². The molecule has 2 aromatic rings. The Balaban J connectivity index is 2.10. The first kappa shape index (κ1) is 20.5. The van der Waals surface area contributed by atoms with Gasteiger partial charge in [0, 0.05) is 29.9 Å². The molecule has 144 valence electrons. The molecule has 0 saturated heterocycles. The van der Waals surface area contributed by atoms with E-state index in [1.165, 1.54) is 11.8 Å². The predicted molar refractivity (Wildman–Crippen MR) is 109 cm³/mol. The number of amides is 1. The van der Waals surface area contributed by atoms with E-state index in [9.17, 15) is 4.79 Å². The molecule has 0 aliphatic rings. The van der Waals surface area contributed by atoms with Crippen LogP contribution in [-0.2, 0) is 6.42 Å². The molecule has 1 aromatic heterocycles. The number of hydrogen-bond acceptors (Lipinski definition) is 6. The molecule has 27 heavy (non-hydrogen) atoms. The van der Waals surface area contributed by atoms with Gasteiger partial charge in [-0.3, -0.25) is 10.6 Å². The summed E-state index contributed by atoms with van der Waals surface area (Å²) in [5.41, 5.74) is 4.42. The molecule has 2 rings (SSSR count). The fraction of sp³-hybridized carbons (Fsp3) is 0.250. The summed E-state index contributed by atoms with van der Waals surface area (Å²) in [5, 5.41) is 6.82. The molecule has 0 atom stereocenters. The van der Waals surface area contributed by atoms with E-state index < -0.39 is 0 Å². The second-order valence-corrected chi connectivity index (χ2v) is 6.85. The normalized spacial score (nSPS) is 10.8. The summed E-state index contributed by atoms with van der Waals surface area (Å²) in [4.78, 5) is 12.5. The summed E-state index contributed by atoms with van der Waals surface area (Å²) in [6, 6.07) is 7.23. The Morgan fingerprint density at radius 1 is 1.33 bits per heavy atom. The lowest BCUT2D eigenvalue weighted by molar-refractivity contribution is 0.0966. The molecule has 0 spiro atoms. The zero-order valence-electron chi connectivity index (χ0n) is 15.5. The van der Waals surface area contributed by atoms with Crippen LogP contribution in [0.15, 0.2) is 59.6 Å². The highest BCUT2D eigenvalue weighted by Crippen LogP contribution is 2.24. The summed E-state index contributed by atoms with van der Waals surface area (Å²) in [7, 11) is 0. The fourth-order valence-corrected chi connectivity index (χ4v) is 2.96. The molecule has 0 aliphatic heterocycles. The quantitative estimate of drug-likeness (QED) is 0.331. The van der Waals surface area contributed by atoms with Gasteiger partial charge in [-0.15, -0.1) is 0 Å². The van der Waals surface area contributed by atoms with Crippen molar-refractivity contribution >= 4 is 17.2 Å². The van der Waals surface area contributed by atoms with Crippen molar-refractivity contribution in [2.45, 2.75) is 26.4 Å². The van der Waals surface area contributed by atoms with Crippen LogP contribution in [0.4, 0.5) is 0 Å². The number of allylic oxidation sites excluding steroid dienone is 1. The lowest BCUT2D eigenvalue weighted by atomic mass is 10.1. The summed E-state index contributed by atoms with van der Waals surface area (Å²) in [6.07, 6.45) is 3.81. The van der Waals surface area contributed by atoms with E-state index in [1.807, 2.05) is 19.2 Å². The summed E-state index contributed by atoms with van der Waals surface area (Å²) in [6.45, 7) is 8.12. The van der Waals surface area contributed by atoms with E-state index in [0.717, 1.165) is 6.42 Å². The Morgan fingerprint density at radius 3 is 2.78 bits per heavy atom. The highest BCUT2D eigenvalue weighted by atomic mass is 32.1. The van der Waals surface area contributed by atoms with Crippen molar-refractivity contribution in [2.75, 3.05) is 6.61 Å². The van der Waals surface area contributed by atoms with Crippen LogP contribution in [0.25, 0.3) is 0 Å². The summed E-state index contributed by atoms with van der Waals surface area (Å²) < 4.78 is 11.6. The molecule has 6 nitrogen and oxygen atoms in total. The minimum atomic E-state index is -0.307. The van der Waals surface area contributed by atoms with E-state index >= 15 is 0 Å². The number of ether oxygens (including phenoxy) is 2. The lowest BCUT2D eigenvalue weighted by Crippen LogP contribution is -2.22. The third-order valence-corrected chi connectivity index (χ3v) is 4.14. The van der Waals surface area contributed by atoms with E-state index in [-0.39, 0.29) is 12.0 Å². The maximum absolute atomic E-state index is 12.5. The van der Waals surface area contributed by atoms with Gasteiger partial charge < -0.3 is 20.2 Å². The van der Waals surface area contributed by atoms with E-state index in [1.54, 1.807) is 35.6 Å². The van der Waals surface area contributed by atoms with Crippen LogP contribution in [-0.4, -0.2) is 18.6 Å². The topological polar surface area (TPSA) is 85.6 Å². The van der Waals surface area contributed by atoms with Crippen molar-refractivity contribution < 1.29 is 14.3 Å². The molecule has 1 aromatic carbocycles. The van der Waals surface area contributed by atoms with Gasteiger partial charge >= 0.3 is 0 Å². The number of hydrazine groups is 1. The van der Waals surface area contributed by atoms with Gasteiger partial charge in [0.05, 0.1) is 12.7 Å². The van der Waals surface area contributed by atoms with Gasteiger partial charge in [0.2, 0.25) is 0 Å². The number of nitrogens with two attached hydrogens (primary N) is 1. The zero-order valence-corrected chi connectivity index (χ0v) is 16.3. The third-order valence-electron chi connectivity index (χ3n) is 3.41. The molecule has 1 amide bonds. The molecule has 7 heteroatoms. The van der Waals surface area contributed by atoms with Crippen LogP contribution in [0.5, 0.6) is 11.5 Å². The summed E-state index contributed by atoms with van der Waals surface area (Å²) >= 11 is 1.66. The largest absolute Gasteiger partial charge is 0.493 e. The smallest absolute Gasteiger partial charge is 0.255 e. The number of carbonyl (C=O) groups excluding carboxylic acids is 1. The third kappa shape index (κ3) is 7.16. The molecule has 0 unspecified atom stereocenters. The molecule has 0 aliphatic carbocycles. The van der Waals surface area contributed by atoms with Crippen LogP contribution in [0.3, 0.4) is 0 Å². The molecule has 1 heterocycles. The number of thiophene rings is 1. The first-order valence-electron chi connectivity index (χ1n) is 8.56. The first-order chi connectivity index (χ1) is 13.0. The van der Waals surface area contributed by atoms with Crippen LogP contribution >= 0.6 is 11.3 Å². The lowest BCUT2D eigenvalue weighted by Gasteiger charge is -2.14. The molecule has 4 N–H and O–H groups in total. The van der Waals surface area contributed by atoms with Crippen molar-refractivity contribution in [1.29, 1.82) is 0 Å². The van der Waals surface area contributed by atoms with E-state index in [0.29, 0.717) is 29.4 Å². The van der Waals surface area contributed by atoms with Crippen LogP contribution in [0.2, 0.25) is 0 Å². The van der Waals surface area contributed by atoms with Gasteiger partial charge in [-0.2, -0.15) is 11.3 Å². The first-order valence-corrected chi connectivity index (χ1v) is 9.50. The van der Waals surface area contributed by atoms with Gasteiger partial charge in [-0.25, -0.2) is 0 Å². The van der Waals surface area contributed by atoms with Gasteiger partial charge in [-0.1, -0.05) is 6.58 Å². The molecule has 0 bridgehead atoms. The number of hydrogen-bond donors (Lipinski definition) is 3. The van der Waals surface area contributed by atoms with Crippen LogP contribution < -0.4 is 26.1 Å². The number of nitrogens with one attached hydrogen (secondary N) is 2. The van der Waals surface area contributed by atoms with Crippen molar-refractivity contribution in [2.24, 2.45) is 5.84 Å². The van der Waals surface area contributed by atoms with Crippen LogP contribution in [0, 0.1) is 0 Å². The number of rotatable bonds is 10. The molecule has 0 radical (unpaired) electrons. The van der Waals surface area contributed by atoms with Gasteiger partial charge in [0.25, 0.3) is 5.91 Å². The maximum Gasteiger partial charge on any atom is 0.255 e. The maximum atomic E-state index is 12.5. The molecular weight excluding hydrogens is 362 g/mol. The Hall–Kier alpha value is -2.77. The highest BCUT2D eigenvalue weighted by molar-refractivity contribution is 7.07. The monoisotopic (exact) mass is 387 g/mol. The number of carbonyl (C=O) groups is 1. The second kappa shape index (κ2) is 10.4. The van der Waals surface area contributed by atoms with Crippen molar-refractivity contribution in [3.8, 4) is 11.5 Å². The van der Waals surface area contributed by atoms with Crippen LogP contribution in [0.1, 0.15) is 29.8 Å². The predicted octanol–water partition coefficient (Wildman–Crippen LogP) is 3.38. The minimum absolute atomic E-state index is 0.0181. The average Bonchev–Trinajstić information content (AvgIpc) is 3.12. The molecule has 0 fully saturated rings. The number of benzene rings is 1. The average molecular weight is 388 g/mol. The summed E-state index contributed by atoms with van der Waals surface area (Å²) in [5.74, 6) is 6.02. The van der Waals surface area contributed by atoms with E-state index in [4.69, 9.17) is 15.3 Å². The van der Waals surface area contributed by atoms with Crippen molar-refractivity contribution in [3.63, 3.8) is 0 Å². The Morgan fingerprint density at radius 2 is 2.11 bits per heavy atom. The van der Waals surface area contributed by atoms with Crippen molar-refractivity contribution in [1.82, 2.24) is 10.7 Å². The SMILES string of the molecule is C=C(/C=C\NN)NC(=O)c1cc(OCCc2ccsc2)cc(OC(C)C)c1. The second-order valence-electron chi connectivity index (χ2n) is 6.07.